The van der Waals surface area contributed by atoms with Crippen molar-refractivity contribution in [3.63, 3.8) is 0 Å². The van der Waals surface area contributed by atoms with Crippen LogP contribution >= 0.6 is 0 Å². The first-order valence-electron chi connectivity index (χ1n) is 6.88. The van der Waals surface area contributed by atoms with Gasteiger partial charge in [-0.3, -0.25) is 0 Å². The van der Waals surface area contributed by atoms with Crippen LogP contribution in [0.5, 0.6) is 5.75 Å². The molecule has 1 rings (SSSR count). The molecule has 0 heterocycles. The van der Waals surface area contributed by atoms with Crippen LogP contribution in [0.15, 0.2) is 29.2 Å². The van der Waals surface area contributed by atoms with Gasteiger partial charge in [0.2, 0.25) is 10.0 Å². The summed E-state index contributed by atoms with van der Waals surface area (Å²) in [6.45, 7) is 2.71. The molecule has 1 unspecified atom stereocenters. The van der Waals surface area contributed by atoms with Crippen LogP contribution in [0.3, 0.4) is 0 Å². The molecule has 1 atom stereocenters. The van der Waals surface area contributed by atoms with Gasteiger partial charge in [0.15, 0.2) is 0 Å². The summed E-state index contributed by atoms with van der Waals surface area (Å²) in [5, 5.41) is 8.91. The number of ether oxygens (including phenoxy) is 2. The lowest BCUT2D eigenvalue weighted by molar-refractivity contribution is 0.146. The van der Waals surface area contributed by atoms with Crippen LogP contribution in [-0.2, 0) is 14.8 Å². The molecule has 0 amide bonds. The fourth-order valence-corrected chi connectivity index (χ4v) is 3.10. The predicted molar refractivity (Wildman–Crippen MR) is 79.9 cm³/mol. The molecular formula is C14H23NO5S. The number of sulfonamides is 1. The van der Waals surface area contributed by atoms with Gasteiger partial charge in [-0.25, -0.2) is 13.1 Å². The van der Waals surface area contributed by atoms with Crippen LogP contribution in [0.4, 0.5) is 0 Å². The Labute approximate surface area is 126 Å². The van der Waals surface area contributed by atoms with Crippen LogP contribution in [-0.4, -0.2) is 46.5 Å². The molecule has 0 bridgehead atoms. The number of hydrogen-bond donors (Lipinski definition) is 2. The van der Waals surface area contributed by atoms with Crippen LogP contribution in [0, 0.1) is 0 Å². The summed E-state index contributed by atoms with van der Waals surface area (Å²) in [4.78, 5) is 0.179. The molecule has 120 valence electrons. The van der Waals surface area contributed by atoms with Gasteiger partial charge in [0.1, 0.15) is 12.4 Å². The largest absolute Gasteiger partial charge is 0.491 e. The Kier molecular flexibility index (Phi) is 7.66. The van der Waals surface area contributed by atoms with E-state index in [4.69, 9.17) is 14.6 Å². The van der Waals surface area contributed by atoms with Gasteiger partial charge in [-0.2, -0.15) is 0 Å². The maximum absolute atomic E-state index is 12.2. The lowest BCUT2D eigenvalue weighted by Crippen LogP contribution is -2.35. The predicted octanol–water partition coefficient (Wildman–Crippen LogP) is 1.15. The molecule has 0 aliphatic heterocycles. The minimum atomic E-state index is -3.58. The fraction of sp³-hybridized carbons (Fsp3) is 0.571. The molecule has 0 aliphatic carbocycles. The van der Waals surface area contributed by atoms with Crippen molar-refractivity contribution in [1.82, 2.24) is 4.72 Å². The summed E-state index contributed by atoms with van der Waals surface area (Å²) in [6.07, 6.45) is 1.02. The van der Waals surface area contributed by atoms with Crippen LogP contribution in [0.1, 0.15) is 19.8 Å². The van der Waals surface area contributed by atoms with Gasteiger partial charge in [-0.1, -0.05) is 6.92 Å². The molecule has 1 aromatic carbocycles. The van der Waals surface area contributed by atoms with E-state index in [1.807, 2.05) is 6.92 Å². The first kappa shape index (κ1) is 17.9. The van der Waals surface area contributed by atoms with Crippen LogP contribution < -0.4 is 9.46 Å². The molecule has 0 spiro atoms. The van der Waals surface area contributed by atoms with Crippen molar-refractivity contribution in [2.45, 2.75) is 30.7 Å². The van der Waals surface area contributed by atoms with Crippen LogP contribution in [0.25, 0.3) is 0 Å². The van der Waals surface area contributed by atoms with E-state index >= 15 is 0 Å². The standard InChI is InChI=1S/C14H23NO5S/c1-3-12(8-9-16)15-21(17,18)14-6-4-13(5-7-14)20-11-10-19-2/h4-7,12,15-16H,3,8-11H2,1-2H3. The lowest BCUT2D eigenvalue weighted by atomic mass is 10.2. The molecule has 7 heteroatoms. The second-order valence-electron chi connectivity index (χ2n) is 4.55. The minimum absolute atomic E-state index is 0.0483. The highest BCUT2D eigenvalue weighted by atomic mass is 32.2. The Hall–Kier alpha value is -1.15. The molecule has 0 aliphatic rings. The van der Waals surface area contributed by atoms with Crippen molar-refractivity contribution < 1.29 is 23.0 Å². The van der Waals surface area contributed by atoms with Crippen molar-refractivity contribution in [1.29, 1.82) is 0 Å². The summed E-state index contributed by atoms with van der Waals surface area (Å²) >= 11 is 0. The summed E-state index contributed by atoms with van der Waals surface area (Å²) in [5.41, 5.74) is 0. The number of aliphatic hydroxyl groups is 1. The zero-order chi connectivity index (χ0) is 15.7. The number of methoxy groups -OCH3 is 1. The van der Waals surface area contributed by atoms with E-state index in [2.05, 4.69) is 4.72 Å². The van der Waals surface area contributed by atoms with Gasteiger partial charge in [0.25, 0.3) is 0 Å². The first-order chi connectivity index (χ1) is 10.0. The number of rotatable bonds is 10. The third-order valence-corrected chi connectivity index (χ3v) is 4.52. The second kappa shape index (κ2) is 8.99. The molecular weight excluding hydrogens is 294 g/mol. The van der Waals surface area contributed by atoms with Crippen molar-refractivity contribution >= 4 is 10.0 Å². The van der Waals surface area contributed by atoms with E-state index in [-0.39, 0.29) is 17.5 Å². The van der Waals surface area contributed by atoms with E-state index in [9.17, 15) is 8.42 Å². The zero-order valence-electron chi connectivity index (χ0n) is 12.4. The summed E-state index contributed by atoms with van der Waals surface area (Å²) in [7, 11) is -1.99. The number of nitrogens with one attached hydrogen (secondary N) is 1. The topological polar surface area (TPSA) is 84.9 Å². The minimum Gasteiger partial charge on any atom is -0.491 e. The molecule has 2 N–H and O–H groups in total. The maximum atomic E-state index is 12.2. The molecule has 0 saturated carbocycles. The SMILES string of the molecule is CCC(CCO)NS(=O)(=O)c1ccc(OCCOC)cc1. The Morgan fingerprint density at radius 3 is 2.43 bits per heavy atom. The van der Waals surface area contributed by atoms with Gasteiger partial charge in [0, 0.05) is 19.8 Å². The zero-order valence-corrected chi connectivity index (χ0v) is 13.2. The monoisotopic (exact) mass is 317 g/mol. The highest BCUT2D eigenvalue weighted by molar-refractivity contribution is 7.89. The summed E-state index contributed by atoms with van der Waals surface area (Å²) in [5.74, 6) is 0.591. The summed E-state index contributed by atoms with van der Waals surface area (Å²) < 4.78 is 37.2. The van der Waals surface area contributed by atoms with Crippen LogP contribution in [0.2, 0.25) is 0 Å². The Balaban J connectivity index is 2.70. The van der Waals surface area contributed by atoms with Gasteiger partial charge in [-0.15, -0.1) is 0 Å². The number of benzene rings is 1. The van der Waals surface area contributed by atoms with E-state index in [0.717, 1.165) is 0 Å². The van der Waals surface area contributed by atoms with E-state index in [0.29, 0.717) is 31.8 Å². The quantitative estimate of drug-likeness (QED) is 0.632. The average Bonchev–Trinajstić information content (AvgIpc) is 2.47. The smallest absolute Gasteiger partial charge is 0.240 e. The molecule has 1 aromatic rings. The molecule has 6 nitrogen and oxygen atoms in total. The average molecular weight is 317 g/mol. The Morgan fingerprint density at radius 2 is 1.90 bits per heavy atom. The van der Waals surface area contributed by atoms with E-state index in [1.165, 1.54) is 12.1 Å². The van der Waals surface area contributed by atoms with E-state index < -0.39 is 10.0 Å². The van der Waals surface area contributed by atoms with Crippen molar-refractivity contribution in [3.05, 3.63) is 24.3 Å². The lowest BCUT2D eigenvalue weighted by Gasteiger charge is -2.16. The second-order valence-corrected chi connectivity index (χ2v) is 6.27. The Bertz CT molecular complexity index is 501. The highest BCUT2D eigenvalue weighted by Gasteiger charge is 2.18. The third-order valence-electron chi connectivity index (χ3n) is 2.98. The molecule has 0 radical (unpaired) electrons. The van der Waals surface area contributed by atoms with Gasteiger partial charge in [-0.05, 0) is 37.1 Å². The normalized spacial score (nSPS) is 13.1. The van der Waals surface area contributed by atoms with Crippen molar-refractivity contribution in [3.8, 4) is 5.75 Å². The van der Waals surface area contributed by atoms with Gasteiger partial charge in [0.05, 0.1) is 11.5 Å². The maximum Gasteiger partial charge on any atom is 0.240 e. The number of aliphatic hydroxyl groups excluding tert-OH is 1. The highest BCUT2D eigenvalue weighted by Crippen LogP contribution is 2.16. The molecule has 0 aromatic heterocycles. The molecule has 0 saturated heterocycles. The molecule has 0 fully saturated rings. The Morgan fingerprint density at radius 1 is 1.24 bits per heavy atom. The van der Waals surface area contributed by atoms with Crippen molar-refractivity contribution in [2.75, 3.05) is 26.9 Å². The summed E-state index contributed by atoms with van der Waals surface area (Å²) in [6, 6.07) is 5.94. The third kappa shape index (κ3) is 6.01. The first-order valence-corrected chi connectivity index (χ1v) is 8.36. The van der Waals surface area contributed by atoms with Gasteiger partial charge < -0.3 is 14.6 Å². The fourth-order valence-electron chi connectivity index (χ4n) is 1.75. The van der Waals surface area contributed by atoms with E-state index in [1.54, 1.807) is 19.2 Å². The van der Waals surface area contributed by atoms with Crippen molar-refractivity contribution in [2.24, 2.45) is 0 Å². The van der Waals surface area contributed by atoms with Gasteiger partial charge >= 0.3 is 0 Å². The molecule has 21 heavy (non-hydrogen) atoms. The number of hydrogen-bond acceptors (Lipinski definition) is 5.